The molecule has 1 aliphatic carbocycles. The molecule has 1 saturated heterocycles. The van der Waals surface area contributed by atoms with Crippen molar-refractivity contribution in [2.45, 2.75) is 6.04 Å². The van der Waals surface area contributed by atoms with Crippen molar-refractivity contribution in [3.8, 4) is 5.75 Å². The van der Waals surface area contributed by atoms with E-state index in [9.17, 15) is 0 Å². The van der Waals surface area contributed by atoms with Crippen LogP contribution < -0.4 is 4.74 Å². The molecule has 0 radical (unpaired) electrons. The lowest BCUT2D eigenvalue weighted by Crippen LogP contribution is -2.46. The van der Waals surface area contributed by atoms with Crippen LogP contribution in [0.15, 0.2) is 42.5 Å². The van der Waals surface area contributed by atoms with E-state index in [0.29, 0.717) is 0 Å². The summed E-state index contributed by atoms with van der Waals surface area (Å²) in [4.78, 5) is 5.02. The molecule has 1 atom stereocenters. The molecule has 1 aliphatic heterocycles. The Morgan fingerprint density at radius 2 is 1.58 bits per heavy atom. The van der Waals surface area contributed by atoms with Gasteiger partial charge in [-0.05, 0) is 41.4 Å². The lowest BCUT2D eigenvalue weighted by atomic mass is 9.92. The van der Waals surface area contributed by atoms with Gasteiger partial charge in [0.1, 0.15) is 5.75 Å². The predicted octanol–water partition coefficient (Wildman–Crippen LogP) is 3.52. The summed E-state index contributed by atoms with van der Waals surface area (Å²) in [5, 5.41) is 0. The molecule has 0 amide bonds. The van der Waals surface area contributed by atoms with E-state index >= 15 is 0 Å². The highest BCUT2D eigenvalue weighted by atomic mass is 16.5. The number of nitrogens with zero attached hydrogens (tertiary/aromatic N) is 2. The molecule has 0 aromatic heterocycles. The number of piperazine rings is 1. The highest BCUT2D eigenvalue weighted by Crippen LogP contribution is 2.38. The quantitative estimate of drug-likeness (QED) is 0.842. The van der Waals surface area contributed by atoms with Crippen LogP contribution in [0, 0.1) is 0 Å². The second-order valence-electron chi connectivity index (χ2n) is 6.70. The monoisotopic (exact) mass is 320 g/mol. The first kappa shape index (κ1) is 15.4. The fourth-order valence-corrected chi connectivity index (χ4v) is 3.80. The number of benzene rings is 2. The van der Waals surface area contributed by atoms with E-state index in [0.717, 1.165) is 31.9 Å². The van der Waals surface area contributed by atoms with Crippen molar-refractivity contribution in [1.29, 1.82) is 0 Å². The standard InChI is InChI=1S/C21H24N2O/c1-22-11-13-23(14-12-22)21-19-6-4-3-5-16(19)7-8-17-9-10-18(24-2)15-20(17)21/h3-10,15,21H,11-14H2,1-2H3. The molecule has 0 saturated carbocycles. The van der Waals surface area contributed by atoms with E-state index in [4.69, 9.17) is 4.74 Å². The van der Waals surface area contributed by atoms with Crippen molar-refractivity contribution < 1.29 is 4.74 Å². The summed E-state index contributed by atoms with van der Waals surface area (Å²) in [6, 6.07) is 15.5. The predicted molar refractivity (Wildman–Crippen MR) is 99.3 cm³/mol. The first-order valence-electron chi connectivity index (χ1n) is 8.64. The molecular formula is C21H24N2O. The van der Waals surface area contributed by atoms with Gasteiger partial charge in [0.15, 0.2) is 0 Å². The molecule has 3 heteroatoms. The van der Waals surface area contributed by atoms with Crippen molar-refractivity contribution in [1.82, 2.24) is 9.80 Å². The molecule has 1 unspecified atom stereocenters. The van der Waals surface area contributed by atoms with Crippen LogP contribution in [0.3, 0.4) is 0 Å². The van der Waals surface area contributed by atoms with E-state index in [2.05, 4.69) is 71.5 Å². The zero-order chi connectivity index (χ0) is 16.5. The average molecular weight is 320 g/mol. The third kappa shape index (κ3) is 2.74. The summed E-state index contributed by atoms with van der Waals surface area (Å²) in [6.07, 6.45) is 4.49. The Morgan fingerprint density at radius 3 is 2.33 bits per heavy atom. The minimum absolute atomic E-state index is 0.287. The second-order valence-corrected chi connectivity index (χ2v) is 6.70. The Morgan fingerprint density at radius 1 is 0.875 bits per heavy atom. The Kier molecular flexibility index (Phi) is 4.13. The maximum absolute atomic E-state index is 5.51. The first-order valence-corrected chi connectivity index (χ1v) is 8.64. The molecule has 2 aromatic rings. The summed E-state index contributed by atoms with van der Waals surface area (Å²) in [5.74, 6) is 0.931. The smallest absolute Gasteiger partial charge is 0.119 e. The van der Waals surface area contributed by atoms with Gasteiger partial charge in [-0.3, -0.25) is 4.90 Å². The number of methoxy groups -OCH3 is 1. The van der Waals surface area contributed by atoms with Gasteiger partial charge in [0.25, 0.3) is 0 Å². The van der Waals surface area contributed by atoms with Gasteiger partial charge in [0, 0.05) is 26.2 Å². The number of hydrogen-bond acceptors (Lipinski definition) is 3. The van der Waals surface area contributed by atoms with Crippen LogP contribution in [0.2, 0.25) is 0 Å². The highest BCUT2D eigenvalue weighted by Gasteiger charge is 2.29. The van der Waals surface area contributed by atoms with Crippen molar-refractivity contribution in [3.63, 3.8) is 0 Å². The number of fused-ring (bicyclic) bond motifs is 2. The zero-order valence-corrected chi connectivity index (χ0v) is 14.4. The van der Waals surface area contributed by atoms with Gasteiger partial charge in [0.05, 0.1) is 13.2 Å². The van der Waals surface area contributed by atoms with Gasteiger partial charge < -0.3 is 9.64 Å². The lowest BCUT2D eigenvalue weighted by Gasteiger charge is -2.39. The number of likely N-dealkylation sites (N-methyl/N-ethyl adjacent to an activating group) is 1. The van der Waals surface area contributed by atoms with E-state index in [-0.39, 0.29) is 6.04 Å². The molecule has 124 valence electrons. The molecule has 0 bridgehead atoms. The maximum Gasteiger partial charge on any atom is 0.119 e. The van der Waals surface area contributed by atoms with Crippen LogP contribution in [-0.4, -0.2) is 50.1 Å². The lowest BCUT2D eigenvalue weighted by molar-refractivity contribution is 0.127. The molecule has 0 N–H and O–H groups in total. The Hall–Kier alpha value is -2.10. The van der Waals surface area contributed by atoms with E-state index in [1.54, 1.807) is 7.11 Å². The van der Waals surface area contributed by atoms with Crippen molar-refractivity contribution in [2.75, 3.05) is 40.3 Å². The maximum atomic E-state index is 5.51. The topological polar surface area (TPSA) is 15.7 Å². The van der Waals surface area contributed by atoms with Crippen LogP contribution in [0.5, 0.6) is 5.75 Å². The molecule has 0 spiro atoms. The summed E-state index contributed by atoms with van der Waals surface area (Å²) in [7, 11) is 3.95. The van der Waals surface area contributed by atoms with Gasteiger partial charge in [-0.2, -0.15) is 0 Å². The summed E-state index contributed by atoms with van der Waals surface area (Å²) < 4.78 is 5.51. The molecule has 3 nitrogen and oxygen atoms in total. The van der Waals surface area contributed by atoms with Gasteiger partial charge >= 0.3 is 0 Å². The van der Waals surface area contributed by atoms with Crippen LogP contribution in [-0.2, 0) is 0 Å². The van der Waals surface area contributed by atoms with Crippen LogP contribution in [0.25, 0.3) is 12.2 Å². The van der Waals surface area contributed by atoms with Crippen molar-refractivity contribution in [2.24, 2.45) is 0 Å². The molecule has 1 heterocycles. The van der Waals surface area contributed by atoms with E-state index < -0.39 is 0 Å². The summed E-state index contributed by atoms with van der Waals surface area (Å²) in [6.45, 7) is 4.41. The Bertz CT molecular complexity index is 760. The second kappa shape index (κ2) is 6.42. The third-order valence-corrected chi connectivity index (χ3v) is 5.22. The largest absolute Gasteiger partial charge is 0.497 e. The molecule has 4 rings (SSSR count). The van der Waals surface area contributed by atoms with E-state index in [1.807, 2.05) is 0 Å². The number of rotatable bonds is 2. The molecule has 2 aliphatic rings. The molecule has 24 heavy (non-hydrogen) atoms. The zero-order valence-electron chi connectivity index (χ0n) is 14.4. The number of hydrogen-bond donors (Lipinski definition) is 0. The molecule has 1 fully saturated rings. The number of ether oxygens (including phenoxy) is 1. The normalized spacial score (nSPS) is 21.0. The fraction of sp³-hybridized carbons (Fsp3) is 0.333. The van der Waals surface area contributed by atoms with Crippen LogP contribution >= 0.6 is 0 Å². The Labute approximate surface area is 144 Å². The van der Waals surface area contributed by atoms with Crippen molar-refractivity contribution >= 4 is 12.2 Å². The minimum atomic E-state index is 0.287. The average Bonchev–Trinajstić information content (AvgIpc) is 2.79. The van der Waals surface area contributed by atoms with Gasteiger partial charge in [-0.1, -0.05) is 42.5 Å². The third-order valence-electron chi connectivity index (χ3n) is 5.22. The fourth-order valence-electron chi connectivity index (χ4n) is 3.80. The SMILES string of the molecule is COc1ccc2c(c1)C(N1CCN(C)CC1)c1ccccc1C=C2. The summed E-state index contributed by atoms with van der Waals surface area (Å²) in [5.41, 5.74) is 5.35. The van der Waals surface area contributed by atoms with Gasteiger partial charge in [-0.15, -0.1) is 0 Å². The summed E-state index contributed by atoms with van der Waals surface area (Å²) >= 11 is 0. The molecular weight excluding hydrogens is 296 g/mol. The molecule has 2 aromatic carbocycles. The first-order chi connectivity index (χ1) is 11.8. The Balaban J connectivity index is 1.85. The minimum Gasteiger partial charge on any atom is -0.497 e. The van der Waals surface area contributed by atoms with Crippen LogP contribution in [0.1, 0.15) is 28.3 Å². The van der Waals surface area contributed by atoms with E-state index in [1.165, 1.54) is 22.3 Å². The van der Waals surface area contributed by atoms with Gasteiger partial charge in [0.2, 0.25) is 0 Å². The highest BCUT2D eigenvalue weighted by molar-refractivity contribution is 5.76. The van der Waals surface area contributed by atoms with Gasteiger partial charge in [-0.25, -0.2) is 0 Å². The van der Waals surface area contributed by atoms with Crippen LogP contribution in [0.4, 0.5) is 0 Å². The van der Waals surface area contributed by atoms with Crippen molar-refractivity contribution in [3.05, 3.63) is 64.7 Å².